The predicted molar refractivity (Wildman–Crippen MR) is 64.2 cm³/mol. The van der Waals surface area contributed by atoms with E-state index in [1.807, 2.05) is 19.1 Å². The molecule has 1 aliphatic carbocycles. The van der Waals surface area contributed by atoms with Gasteiger partial charge >= 0.3 is 0 Å². The molecule has 0 saturated heterocycles. The number of furan rings is 1. The van der Waals surface area contributed by atoms with Crippen LogP contribution in [0.3, 0.4) is 0 Å². The summed E-state index contributed by atoms with van der Waals surface area (Å²) in [6.45, 7) is 2.50. The number of amides is 1. The minimum atomic E-state index is -0.168. The second-order valence-corrected chi connectivity index (χ2v) is 4.52. The molecule has 1 aromatic rings. The maximum absolute atomic E-state index is 11.4. The van der Waals surface area contributed by atoms with E-state index >= 15 is 0 Å². The molecule has 0 bridgehead atoms. The molecule has 1 aromatic heterocycles. The average Bonchev–Trinajstić information content (AvgIpc) is 2.66. The van der Waals surface area contributed by atoms with Gasteiger partial charge in [-0.1, -0.05) is 0 Å². The Hall–Kier alpha value is -1.55. The van der Waals surface area contributed by atoms with E-state index in [0.717, 1.165) is 18.6 Å². The summed E-state index contributed by atoms with van der Waals surface area (Å²) in [5, 5.41) is 11.9. The van der Waals surface area contributed by atoms with Crippen molar-refractivity contribution in [1.82, 2.24) is 5.32 Å². The zero-order chi connectivity index (χ0) is 12.3. The molecule has 0 aliphatic heterocycles. The molecule has 1 amide bonds. The summed E-state index contributed by atoms with van der Waals surface area (Å²) in [5.74, 6) is 1.80. The minimum Gasteiger partial charge on any atom is -0.462 e. The molecule has 1 heterocycles. The topological polar surface area (TPSA) is 62.5 Å². The quantitative estimate of drug-likeness (QED) is 0.777. The van der Waals surface area contributed by atoms with Crippen LogP contribution in [0.1, 0.15) is 24.4 Å². The van der Waals surface area contributed by atoms with Crippen LogP contribution in [0.15, 0.2) is 22.6 Å². The van der Waals surface area contributed by atoms with E-state index in [4.69, 9.17) is 9.52 Å². The van der Waals surface area contributed by atoms with Crippen LogP contribution < -0.4 is 5.32 Å². The maximum atomic E-state index is 11.4. The first-order chi connectivity index (χ1) is 8.13. The predicted octanol–water partition coefficient (Wildman–Crippen LogP) is 1.49. The number of aliphatic hydroxyl groups is 1. The van der Waals surface area contributed by atoms with Gasteiger partial charge in [-0.25, -0.2) is 0 Å². The van der Waals surface area contributed by atoms with Crippen LogP contribution >= 0.6 is 0 Å². The van der Waals surface area contributed by atoms with Crippen molar-refractivity contribution in [2.45, 2.75) is 25.9 Å². The van der Waals surface area contributed by atoms with E-state index in [2.05, 4.69) is 5.32 Å². The van der Waals surface area contributed by atoms with E-state index in [0.29, 0.717) is 18.2 Å². The van der Waals surface area contributed by atoms with Crippen LogP contribution in [-0.4, -0.2) is 23.7 Å². The first kappa shape index (κ1) is 11.9. The number of hydrogen-bond donors (Lipinski definition) is 2. The fourth-order valence-corrected chi connectivity index (χ4v) is 1.87. The summed E-state index contributed by atoms with van der Waals surface area (Å²) in [6.07, 6.45) is 4.53. The van der Waals surface area contributed by atoms with Gasteiger partial charge in [0.05, 0.1) is 6.10 Å². The second kappa shape index (κ2) is 5.19. The van der Waals surface area contributed by atoms with Crippen molar-refractivity contribution in [2.75, 3.05) is 6.54 Å². The monoisotopic (exact) mass is 235 g/mol. The Bertz CT molecular complexity index is 416. The molecule has 4 nitrogen and oxygen atoms in total. The molecule has 0 radical (unpaired) electrons. The Balaban J connectivity index is 1.71. The molecular formula is C13H17NO3. The minimum absolute atomic E-state index is 0.125. The van der Waals surface area contributed by atoms with E-state index in [1.165, 1.54) is 6.08 Å². The van der Waals surface area contributed by atoms with Gasteiger partial charge < -0.3 is 14.8 Å². The standard InChI is InChI=1S/C13H17NO3/c1-9-2-3-12(17-9)4-5-13(16)14-8-10-6-11(15)7-10/h2-5,10-11,15H,6-8H2,1H3,(H,14,16). The zero-order valence-electron chi connectivity index (χ0n) is 9.85. The molecule has 1 aliphatic rings. The third-order valence-electron chi connectivity index (χ3n) is 2.94. The van der Waals surface area contributed by atoms with Crippen LogP contribution in [0.2, 0.25) is 0 Å². The number of hydrogen-bond acceptors (Lipinski definition) is 3. The highest BCUT2D eigenvalue weighted by Gasteiger charge is 2.26. The second-order valence-electron chi connectivity index (χ2n) is 4.52. The number of carbonyl (C=O) groups is 1. The van der Waals surface area contributed by atoms with Gasteiger partial charge in [-0.05, 0) is 43.9 Å². The van der Waals surface area contributed by atoms with Crippen molar-refractivity contribution in [3.63, 3.8) is 0 Å². The summed E-state index contributed by atoms with van der Waals surface area (Å²) in [4.78, 5) is 11.4. The molecule has 1 fully saturated rings. The van der Waals surface area contributed by atoms with Gasteiger partial charge in [-0.3, -0.25) is 4.79 Å². The number of carbonyl (C=O) groups excluding carboxylic acids is 1. The SMILES string of the molecule is Cc1ccc(C=CC(=O)NCC2CC(O)C2)o1. The average molecular weight is 235 g/mol. The van der Waals surface area contributed by atoms with Crippen molar-refractivity contribution in [3.05, 3.63) is 29.7 Å². The maximum Gasteiger partial charge on any atom is 0.244 e. The highest BCUT2D eigenvalue weighted by Crippen LogP contribution is 2.25. The summed E-state index contributed by atoms with van der Waals surface area (Å²) in [5.41, 5.74) is 0. The first-order valence-electron chi connectivity index (χ1n) is 5.84. The lowest BCUT2D eigenvalue weighted by molar-refractivity contribution is -0.117. The molecule has 1 saturated carbocycles. The highest BCUT2D eigenvalue weighted by molar-refractivity contribution is 5.91. The number of aryl methyl sites for hydroxylation is 1. The van der Waals surface area contributed by atoms with Crippen LogP contribution in [-0.2, 0) is 4.79 Å². The summed E-state index contributed by atoms with van der Waals surface area (Å²) in [7, 11) is 0. The molecular weight excluding hydrogens is 218 g/mol. The van der Waals surface area contributed by atoms with Crippen LogP contribution in [0.4, 0.5) is 0 Å². The normalized spacial score (nSPS) is 23.6. The molecule has 4 heteroatoms. The molecule has 0 spiro atoms. The van der Waals surface area contributed by atoms with Crippen molar-refractivity contribution < 1.29 is 14.3 Å². The Kier molecular flexibility index (Phi) is 3.64. The van der Waals surface area contributed by atoms with Gasteiger partial charge in [0.25, 0.3) is 0 Å². The Labute approximate surface area is 100 Å². The Morgan fingerprint density at radius 1 is 1.59 bits per heavy atom. The Morgan fingerprint density at radius 3 is 2.94 bits per heavy atom. The fraction of sp³-hybridized carbons (Fsp3) is 0.462. The largest absolute Gasteiger partial charge is 0.462 e. The Morgan fingerprint density at radius 2 is 2.35 bits per heavy atom. The fourth-order valence-electron chi connectivity index (χ4n) is 1.87. The number of aliphatic hydroxyl groups excluding tert-OH is 1. The van der Waals surface area contributed by atoms with E-state index < -0.39 is 0 Å². The summed E-state index contributed by atoms with van der Waals surface area (Å²) < 4.78 is 5.31. The van der Waals surface area contributed by atoms with Crippen LogP contribution in [0.25, 0.3) is 6.08 Å². The van der Waals surface area contributed by atoms with Crippen molar-refractivity contribution in [3.8, 4) is 0 Å². The van der Waals surface area contributed by atoms with E-state index in [1.54, 1.807) is 6.08 Å². The lowest BCUT2D eigenvalue weighted by atomic mass is 9.82. The van der Waals surface area contributed by atoms with Crippen molar-refractivity contribution in [1.29, 1.82) is 0 Å². The molecule has 0 atom stereocenters. The first-order valence-corrected chi connectivity index (χ1v) is 5.84. The van der Waals surface area contributed by atoms with Gasteiger partial charge in [0.15, 0.2) is 0 Å². The highest BCUT2D eigenvalue weighted by atomic mass is 16.3. The zero-order valence-corrected chi connectivity index (χ0v) is 9.85. The molecule has 2 N–H and O–H groups in total. The molecule has 0 unspecified atom stereocenters. The summed E-state index contributed by atoms with van der Waals surface area (Å²) >= 11 is 0. The van der Waals surface area contributed by atoms with E-state index in [9.17, 15) is 4.79 Å². The molecule has 17 heavy (non-hydrogen) atoms. The van der Waals surface area contributed by atoms with Crippen molar-refractivity contribution >= 4 is 12.0 Å². The lowest BCUT2D eigenvalue weighted by Gasteiger charge is -2.31. The van der Waals surface area contributed by atoms with Gasteiger partial charge in [0.2, 0.25) is 5.91 Å². The molecule has 2 rings (SSSR count). The number of nitrogens with one attached hydrogen (secondary N) is 1. The van der Waals surface area contributed by atoms with Gasteiger partial charge in [0, 0.05) is 12.6 Å². The third kappa shape index (κ3) is 3.46. The van der Waals surface area contributed by atoms with E-state index in [-0.39, 0.29) is 12.0 Å². The molecule has 92 valence electrons. The van der Waals surface area contributed by atoms with Gasteiger partial charge in [-0.2, -0.15) is 0 Å². The lowest BCUT2D eigenvalue weighted by Crippen LogP contribution is -2.37. The molecule has 0 aromatic carbocycles. The third-order valence-corrected chi connectivity index (χ3v) is 2.94. The smallest absolute Gasteiger partial charge is 0.244 e. The van der Waals surface area contributed by atoms with Gasteiger partial charge in [-0.15, -0.1) is 0 Å². The number of rotatable bonds is 4. The van der Waals surface area contributed by atoms with Crippen LogP contribution in [0.5, 0.6) is 0 Å². The van der Waals surface area contributed by atoms with Gasteiger partial charge in [0.1, 0.15) is 11.5 Å². The van der Waals surface area contributed by atoms with Crippen LogP contribution in [0, 0.1) is 12.8 Å². The summed E-state index contributed by atoms with van der Waals surface area (Å²) in [6, 6.07) is 3.68. The van der Waals surface area contributed by atoms with Crippen molar-refractivity contribution in [2.24, 2.45) is 5.92 Å².